The van der Waals surface area contributed by atoms with E-state index in [1.54, 1.807) is 50.2 Å². The second-order valence-electron chi connectivity index (χ2n) is 7.74. The highest BCUT2D eigenvalue weighted by Gasteiger charge is 2.23. The summed E-state index contributed by atoms with van der Waals surface area (Å²) in [6.45, 7) is 3.24. The predicted octanol–water partition coefficient (Wildman–Crippen LogP) is 5.16. The minimum atomic E-state index is -3.95. The number of anilines is 2. The Labute approximate surface area is 201 Å². The Balaban J connectivity index is 1.60. The Morgan fingerprint density at radius 3 is 2.29 bits per heavy atom. The molecule has 0 fully saturated rings. The molecule has 2 N–H and O–H groups in total. The number of carbonyl (C=O) groups excluding carboxylic acids is 1. The van der Waals surface area contributed by atoms with Gasteiger partial charge in [-0.2, -0.15) is 0 Å². The molecule has 0 radical (unpaired) electrons. The quantitative estimate of drug-likeness (QED) is 0.366. The van der Waals surface area contributed by atoms with Crippen molar-refractivity contribution in [1.29, 1.82) is 0 Å². The van der Waals surface area contributed by atoms with Crippen LogP contribution in [0.3, 0.4) is 0 Å². The van der Waals surface area contributed by atoms with Crippen LogP contribution >= 0.6 is 0 Å². The lowest BCUT2D eigenvalue weighted by Crippen LogP contribution is -2.17. The van der Waals surface area contributed by atoms with Gasteiger partial charge in [0.2, 0.25) is 0 Å². The lowest BCUT2D eigenvalue weighted by atomic mass is 10.1. The third-order valence-corrected chi connectivity index (χ3v) is 6.81. The fourth-order valence-electron chi connectivity index (χ4n) is 3.47. The van der Waals surface area contributed by atoms with Crippen LogP contribution in [0.1, 0.15) is 21.7 Å². The highest BCUT2D eigenvalue weighted by Crippen LogP contribution is 2.28. The molecule has 180 valence electrons. The molecular weight excluding hydrogens is 473 g/mol. The van der Waals surface area contributed by atoms with Crippen LogP contribution in [0, 0.1) is 19.7 Å². The molecule has 0 spiro atoms. The van der Waals surface area contributed by atoms with Crippen molar-refractivity contribution in [3.05, 3.63) is 89.4 Å². The molecule has 0 bridgehead atoms. The molecule has 1 amide bonds. The molecule has 0 aliphatic carbocycles. The monoisotopic (exact) mass is 495 g/mol. The normalized spacial score (nSPS) is 11.2. The van der Waals surface area contributed by atoms with Crippen molar-refractivity contribution in [3.8, 4) is 17.0 Å². The Kier molecular flexibility index (Phi) is 6.57. The van der Waals surface area contributed by atoms with Gasteiger partial charge in [0.25, 0.3) is 15.9 Å². The first-order valence-electron chi connectivity index (χ1n) is 10.5. The summed E-state index contributed by atoms with van der Waals surface area (Å²) in [5, 5.41) is 6.64. The lowest BCUT2D eigenvalue weighted by molar-refractivity contribution is 0.102. The van der Waals surface area contributed by atoms with Gasteiger partial charge >= 0.3 is 0 Å². The average molecular weight is 496 g/mol. The van der Waals surface area contributed by atoms with E-state index in [0.717, 1.165) is 0 Å². The number of aryl methyl sites for hydroxylation is 2. The Bertz CT molecular complexity index is 1480. The van der Waals surface area contributed by atoms with E-state index in [2.05, 4.69) is 15.2 Å². The number of amides is 1. The van der Waals surface area contributed by atoms with Crippen molar-refractivity contribution in [2.24, 2.45) is 0 Å². The molecule has 1 aromatic heterocycles. The Hall–Kier alpha value is -4.18. The largest absolute Gasteiger partial charge is 0.497 e. The molecule has 8 nitrogen and oxygen atoms in total. The zero-order valence-electron chi connectivity index (χ0n) is 19.1. The van der Waals surface area contributed by atoms with Crippen LogP contribution in [0.5, 0.6) is 5.75 Å². The molecule has 3 aromatic carbocycles. The van der Waals surface area contributed by atoms with Crippen LogP contribution in [0.4, 0.5) is 15.8 Å². The second-order valence-corrected chi connectivity index (χ2v) is 9.39. The van der Waals surface area contributed by atoms with Gasteiger partial charge in [-0.3, -0.25) is 9.52 Å². The molecular formula is C25H22FN3O5S. The van der Waals surface area contributed by atoms with E-state index in [1.165, 1.54) is 37.4 Å². The van der Waals surface area contributed by atoms with Crippen LogP contribution in [-0.4, -0.2) is 26.6 Å². The number of carbonyl (C=O) groups is 1. The summed E-state index contributed by atoms with van der Waals surface area (Å²) in [6.07, 6.45) is 0. The molecule has 0 saturated heterocycles. The molecule has 35 heavy (non-hydrogen) atoms. The smallest absolute Gasteiger partial charge is 0.262 e. The number of hydrogen-bond acceptors (Lipinski definition) is 6. The van der Waals surface area contributed by atoms with Crippen LogP contribution < -0.4 is 14.8 Å². The molecule has 1 heterocycles. The highest BCUT2D eigenvalue weighted by molar-refractivity contribution is 7.92. The van der Waals surface area contributed by atoms with Gasteiger partial charge in [0, 0.05) is 16.9 Å². The number of rotatable bonds is 7. The van der Waals surface area contributed by atoms with E-state index >= 15 is 0 Å². The summed E-state index contributed by atoms with van der Waals surface area (Å²) in [6, 6.07) is 16.5. The van der Waals surface area contributed by atoms with E-state index in [4.69, 9.17) is 9.26 Å². The van der Waals surface area contributed by atoms with E-state index in [0.29, 0.717) is 22.6 Å². The molecule has 0 unspecified atom stereocenters. The van der Waals surface area contributed by atoms with Crippen LogP contribution in [0.15, 0.2) is 76.1 Å². The topological polar surface area (TPSA) is 111 Å². The Morgan fingerprint density at radius 1 is 0.971 bits per heavy atom. The van der Waals surface area contributed by atoms with E-state index < -0.39 is 21.7 Å². The number of aromatic nitrogens is 1. The Morgan fingerprint density at radius 2 is 1.63 bits per heavy atom. The number of halogens is 1. The van der Waals surface area contributed by atoms with E-state index in [9.17, 15) is 17.6 Å². The van der Waals surface area contributed by atoms with Crippen molar-refractivity contribution < 1.29 is 26.9 Å². The minimum Gasteiger partial charge on any atom is -0.497 e. The first-order valence-corrected chi connectivity index (χ1v) is 12.0. The van der Waals surface area contributed by atoms with E-state index in [1.807, 2.05) is 0 Å². The van der Waals surface area contributed by atoms with Crippen molar-refractivity contribution in [3.63, 3.8) is 0 Å². The van der Waals surface area contributed by atoms with Gasteiger partial charge < -0.3 is 14.6 Å². The second kappa shape index (κ2) is 9.59. The molecule has 0 aliphatic heterocycles. The fraction of sp³-hybridized carbons (Fsp3) is 0.120. The number of nitrogens with one attached hydrogen (secondary N) is 2. The van der Waals surface area contributed by atoms with Crippen LogP contribution in [0.25, 0.3) is 11.3 Å². The lowest BCUT2D eigenvalue weighted by Gasteiger charge is -2.13. The minimum absolute atomic E-state index is 0.00640. The van der Waals surface area contributed by atoms with Gasteiger partial charge in [-0.1, -0.05) is 11.2 Å². The molecule has 0 aliphatic rings. The summed E-state index contributed by atoms with van der Waals surface area (Å²) >= 11 is 0. The molecule has 4 aromatic rings. The first-order chi connectivity index (χ1) is 16.7. The van der Waals surface area contributed by atoms with Gasteiger partial charge in [0.1, 0.15) is 28.6 Å². The summed E-state index contributed by atoms with van der Waals surface area (Å²) in [7, 11) is -2.43. The van der Waals surface area contributed by atoms with Crippen LogP contribution in [0.2, 0.25) is 0 Å². The fourth-order valence-corrected chi connectivity index (χ4v) is 4.80. The van der Waals surface area contributed by atoms with Crippen molar-refractivity contribution >= 4 is 27.3 Å². The number of nitrogens with zero attached hydrogens (tertiary/aromatic N) is 1. The van der Waals surface area contributed by atoms with Gasteiger partial charge in [0.05, 0.1) is 12.0 Å². The third kappa shape index (κ3) is 5.17. The standard InChI is InChI=1S/C25H22FN3O5S/c1-15-4-9-20(14-22(15)35(31,32)29-19-10-12-21(33-3)13-11-19)27-25(30)23-16(2)34-28-24(23)17-5-7-18(26)8-6-17/h4-14,29H,1-3H3,(H,27,30). The number of ether oxygens (including phenoxy) is 1. The number of hydrogen-bond donors (Lipinski definition) is 2. The van der Waals surface area contributed by atoms with E-state index in [-0.39, 0.29) is 27.6 Å². The molecule has 4 rings (SSSR count). The van der Waals surface area contributed by atoms with Crippen molar-refractivity contribution in [2.75, 3.05) is 17.1 Å². The summed E-state index contributed by atoms with van der Waals surface area (Å²) < 4.78 is 52.2. The van der Waals surface area contributed by atoms with Crippen molar-refractivity contribution in [2.45, 2.75) is 18.7 Å². The molecule has 0 saturated carbocycles. The van der Waals surface area contributed by atoms with Gasteiger partial charge in [0.15, 0.2) is 0 Å². The van der Waals surface area contributed by atoms with Crippen molar-refractivity contribution in [1.82, 2.24) is 5.16 Å². The third-order valence-electron chi connectivity index (χ3n) is 5.29. The maximum absolute atomic E-state index is 13.3. The predicted molar refractivity (Wildman–Crippen MR) is 130 cm³/mol. The number of methoxy groups -OCH3 is 1. The zero-order valence-corrected chi connectivity index (χ0v) is 19.9. The zero-order chi connectivity index (χ0) is 25.2. The molecule has 0 atom stereocenters. The molecule has 10 heteroatoms. The van der Waals surface area contributed by atoms with Gasteiger partial charge in [-0.15, -0.1) is 0 Å². The van der Waals surface area contributed by atoms with Gasteiger partial charge in [-0.05, 0) is 80.1 Å². The first kappa shape index (κ1) is 24.0. The average Bonchev–Trinajstić information content (AvgIpc) is 3.22. The number of sulfonamides is 1. The summed E-state index contributed by atoms with van der Waals surface area (Å²) in [5.74, 6) is -0.101. The summed E-state index contributed by atoms with van der Waals surface area (Å²) in [4.78, 5) is 13.1. The van der Waals surface area contributed by atoms with Gasteiger partial charge in [-0.25, -0.2) is 12.8 Å². The summed E-state index contributed by atoms with van der Waals surface area (Å²) in [5.41, 5.74) is 2.05. The maximum Gasteiger partial charge on any atom is 0.262 e. The SMILES string of the molecule is COc1ccc(NS(=O)(=O)c2cc(NC(=O)c3c(-c4ccc(F)cc4)noc3C)ccc2C)cc1. The highest BCUT2D eigenvalue weighted by atomic mass is 32.2. The number of benzene rings is 3. The van der Waals surface area contributed by atoms with Crippen LogP contribution in [-0.2, 0) is 10.0 Å². The maximum atomic E-state index is 13.3.